The van der Waals surface area contributed by atoms with Crippen LogP contribution in [0.5, 0.6) is 0 Å². The Balaban J connectivity index is 1.84. The van der Waals surface area contributed by atoms with Crippen molar-refractivity contribution in [3.63, 3.8) is 0 Å². The average Bonchev–Trinajstić information content (AvgIpc) is 2.99. The lowest BCUT2D eigenvalue weighted by atomic mass is 10.1. The lowest BCUT2D eigenvalue weighted by Crippen LogP contribution is -2.36. The van der Waals surface area contributed by atoms with Gasteiger partial charge >= 0.3 is 0 Å². The molecule has 0 amide bonds. The first kappa shape index (κ1) is 12.8. The Morgan fingerprint density at radius 2 is 2.10 bits per heavy atom. The minimum absolute atomic E-state index is 0.0732. The summed E-state index contributed by atoms with van der Waals surface area (Å²) in [5.41, 5.74) is 7.13. The topological polar surface area (TPSA) is 88.8 Å². The number of rotatable bonds is 1. The first-order valence-electron chi connectivity index (χ1n) is 6.00. The first-order chi connectivity index (χ1) is 9.69. The van der Waals surface area contributed by atoms with E-state index in [-0.39, 0.29) is 11.1 Å². The third kappa shape index (κ3) is 2.19. The van der Waals surface area contributed by atoms with Gasteiger partial charge in [0, 0.05) is 17.7 Å². The van der Waals surface area contributed by atoms with Crippen LogP contribution in [0.3, 0.4) is 0 Å². The molecule has 1 atom stereocenters. The number of hydrogen-bond acceptors (Lipinski definition) is 7. The van der Waals surface area contributed by atoms with Gasteiger partial charge in [-0.25, -0.2) is 10.4 Å². The van der Waals surface area contributed by atoms with Crippen molar-refractivity contribution in [2.45, 2.75) is 12.3 Å². The van der Waals surface area contributed by atoms with Crippen LogP contribution in [-0.2, 0) is 0 Å². The lowest BCUT2D eigenvalue weighted by Gasteiger charge is -2.17. The predicted molar refractivity (Wildman–Crippen MR) is 79.0 cm³/mol. The minimum Gasteiger partial charge on any atom is -0.612 e. The molecule has 2 heterocycles. The van der Waals surface area contributed by atoms with Crippen LogP contribution in [0.4, 0.5) is 0 Å². The Bertz CT molecular complexity index is 595. The normalized spacial score (nSPS) is 24.4. The molecule has 7 nitrogen and oxygen atoms in total. The van der Waals surface area contributed by atoms with E-state index in [2.05, 4.69) is 16.0 Å². The monoisotopic (exact) mass is 290 g/mol. The maximum absolute atomic E-state index is 10.7. The van der Waals surface area contributed by atoms with Crippen LogP contribution in [0.1, 0.15) is 6.92 Å². The largest absolute Gasteiger partial charge is 0.612 e. The van der Waals surface area contributed by atoms with E-state index in [1.165, 1.54) is 12.2 Å². The van der Waals surface area contributed by atoms with Crippen molar-refractivity contribution in [1.29, 1.82) is 0 Å². The highest BCUT2D eigenvalue weighted by Crippen LogP contribution is 2.30. The highest BCUT2D eigenvalue weighted by Gasteiger charge is 2.34. The van der Waals surface area contributed by atoms with E-state index in [9.17, 15) is 10.4 Å². The third-order valence-electron chi connectivity index (χ3n) is 2.88. The van der Waals surface area contributed by atoms with Crippen molar-refractivity contribution in [3.8, 4) is 0 Å². The van der Waals surface area contributed by atoms with Crippen LogP contribution in [0.15, 0.2) is 53.0 Å². The summed E-state index contributed by atoms with van der Waals surface area (Å²) >= 11 is 1.60. The molecule has 0 spiro atoms. The van der Waals surface area contributed by atoms with Crippen molar-refractivity contribution in [2.75, 3.05) is 0 Å². The number of thioether (sulfide) groups is 1. The van der Waals surface area contributed by atoms with E-state index in [4.69, 9.17) is 0 Å². The summed E-state index contributed by atoms with van der Waals surface area (Å²) in [6.45, 7) is 1.96. The lowest BCUT2D eigenvalue weighted by molar-refractivity contribution is -0.377. The van der Waals surface area contributed by atoms with Crippen LogP contribution >= 0.6 is 11.8 Å². The Hall–Kier alpha value is -2.19. The third-order valence-corrected chi connectivity index (χ3v) is 3.88. The summed E-state index contributed by atoms with van der Waals surface area (Å²) in [6.07, 6.45) is 10.4. The maximum Gasteiger partial charge on any atom is 0.222 e. The van der Waals surface area contributed by atoms with Crippen LogP contribution in [0, 0.1) is 10.4 Å². The summed E-state index contributed by atoms with van der Waals surface area (Å²) in [6, 6.07) is 0. The molecule has 1 fully saturated rings. The molecular formula is C12H12N5O2S-. The van der Waals surface area contributed by atoms with Gasteiger partial charge in [-0.3, -0.25) is 5.43 Å². The number of hydrazine groups is 1. The van der Waals surface area contributed by atoms with E-state index in [1.54, 1.807) is 23.9 Å². The Morgan fingerprint density at radius 1 is 1.35 bits per heavy atom. The molecule has 20 heavy (non-hydrogen) atoms. The highest BCUT2D eigenvalue weighted by atomic mass is 32.2. The molecule has 104 valence electrons. The zero-order chi connectivity index (χ0) is 14.1. The zero-order valence-corrected chi connectivity index (χ0v) is 11.4. The number of nitrogens with zero attached hydrogens (tertiary/aromatic N) is 3. The van der Waals surface area contributed by atoms with Gasteiger partial charge in [-0.05, 0) is 19.1 Å². The SMILES string of the molecule is CC=C[C@@H]1NN2C(=NNC2=C2C=CC(=[N+]([O-])[O-])C=C2)S1. The summed E-state index contributed by atoms with van der Waals surface area (Å²) in [5.74, 6) is 0.773. The number of fused-ring (bicyclic) bond motifs is 1. The van der Waals surface area contributed by atoms with Gasteiger partial charge in [-0.2, -0.15) is 4.90 Å². The van der Waals surface area contributed by atoms with Gasteiger partial charge in [-0.1, -0.05) is 23.9 Å². The number of nitrogens with one attached hydrogen (secondary N) is 2. The Kier molecular flexibility index (Phi) is 3.25. The predicted octanol–water partition coefficient (Wildman–Crippen LogP) is 1.10. The van der Waals surface area contributed by atoms with Crippen molar-refractivity contribution in [1.82, 2.24) is 15.9 Å². The first-order valence-corrected chi connectivity index (χ1v) is 6.88. The second-order valence-electron chi connectivity index (χ2n) is 4.19. The molecule has 0 aromatic heterocycles. The van der Waals surface area contributed by atoms with Gasteiger partial charge in [-0.15, -0.1) is 5.10 Å². The molecule has 0 bridgehead atoms. The molecule has 0 aromatic carbocycles. The van der Waals surface area contributed by atoms with Crippen molar-refractivity contribution < 1.29 is 4.90 Å². The van der Waals surface area contributed by atoms with Gasteiger partial charge in [0.05, 0.1) is 5.37 Å². The molecule has 2 aliphatic heterocycles. The van der Waals surface area contributed by atoms with Gasteiger partial charge in [0.25, 0.3) is 0 Å². The van der Waals surface area contributed by atoms with Gasteiger partial charge in [0.2, 0.25) is 10.9 Å². The zero-order valence-electron chi connectivity index (χ0n) is 10.6. The molecule has 1 aliphatic carbocycles. The van der Waals surface area contributed by atoms with E-state index < -0.39 is 4.90 Å². The van der Waals surface area contributed by atoms with E-state index in [1.807, 2.05) is 24.1 Å². The second kappa shape index (κ2) is 5.06. The summed E-state index contributed by atoms with van der Waals surface area (Å²) in [5, 5.41) is 28.4. The van der Waals surface area contributed by atoms with Crippen molar-refractivity contribution >= 4 is 22.6 Å². The summed E-state index contributed by atoms with van der Waals surface area (Å²) < 4.78 is 0. The number of allylic oxidation sites excluding steroid dienone is 6. The molecule has 8 heteroatoms. The maximum atomic E-state index is 10.7. The smallest absolute Gasteiger partial charge is 0.222 e. The quantitative estimate of drug-likeness (QED) is 0.427. The average molecular weight is 290 g/mol. The Labute approximate surface area is 119 Å². The standard InChI is InChI=1S/C12H12N5O2S/c1-2-3-10-15-16-11(13-14-12(16)20-10)8-4-6-9(7-5-8)17(18)19/h2-7,10,13,15H,1H3/q-1/t10-/m1/s1. The molecule has 3 aliphatic rings. The summed E-state index contributed by atoms with van der Waals surface area (Å²) in [4.78, 5) is -0.412. The summed E-state index contributed by atoms with van der Waals surface area (Å²) in [7, 11) is 0. The molecule has 0 aromatic rings. The molecule has 0 radical (unpaired) electrons. The number of hydrogen-bond donors (Lipinski definition) is 2. The van der Waals surface area contributed by atoms with Gasteiger partial charge < -0.3 is 10.4 Å². The Morgan fingerprint density at radius 3 is 2.75 bits per heavy atom. The highest BCUT2D eigenvalue weighted by molar-refractivity contribution is 8.14. The molecule has 1 saturated heterocycles. The molecular weight excluding hydrogens is 278 g/mol. The molecule has 2 N–H and O–H groups in total. The fourth-order valence-corrected chi connectivity index (χ4v) is 2.92. The van der Waals surface area contributed by atoms with Crippen molar-refractivity contribution in [3.05, 3.63) is 58.3 Å². The van der Waals surface area contributed by atoms with Crippen LogP contribution in [0.25, 0.3) is 0 Å². The number of amidine groups is 1. The van der Waals surface area contributed by atoms with Crippen molar-refractivity contribution in [2.24, 2.45) is 5.10 Å². The van der Waals surface area contributed by atoms with Gasteiger partial charge in [0.1, 0.15) is 0 Å². The van der Waals surface area contributed by atoms with Crippen LogP contribution in [-0.4, -0.2) is 26.2 Å². The van der Waals surface area contributed by atoms with Gasteiger partial charge in [0.15, 0.2) is 5.82 Å². The fraction of sp³-hybridized carbons (Fsp3) is 0.167. The van der Waals surface area contributed by atoms with E-state index in [0.29, 0.717) is 0 Å². The molecule has 3 rings (SSSR count). The van der Waals surface area contributed by atoms with Crippen LogP contribution < -0.4 is 10.9 Å². The van der Waals surface area contributed by atoms with E-state index in [0.717, 1.165) is 16.6 Å². The fourth-order valence-electron chi connectivity index (χ4n) is 1.95. The molecule has 0 saturated carbocycles. The second-order valence-corrected chi connectivity index (χ2v) is 5.30. The molecule has 0 unspecified atom stereocenters. The van der Waals surface area contributed by atoms with E-state index >= 15 is 0 Å². The van der Waals surface area contributed by atoms with Crippen LogP contribution in [0.2, 0.25) is 0 Å². The minimum atomic E-state index is -0.412. The number of hydrazone groups is 1.